The fourth-order valence-corrected chi connectivity index (χ4v) is 6.39. The van der Waals surface area contributed by atoms with Crippen LogP contribution in [0.4, 0.5) is 0 Å². The van der Waals surface area contributed by atoms with Crippen molar-refractivity contribution in [1.29, 1.82) is 0 Å². The number of carbonyl (C=O) groups is 1. The van der Waals surface area contributed by atoms with Crippen molar-refractivity contribution in [3.63, 3.8) is 0 Å². The Hall–Kier alpha value is -3.40. The molecule has 3 aliphatic heterocycles. The van der Waals surface area contributed by atoms with Crippen LogP contribution >= 0.6 is 0 Å². The van der Waals surface area contributed by atoms with E-state index in [0.29, 0.717) is 36.3 Å². The lowest BCUT2D eigenvalue weighted by atomic mass is 9.77. The highest BCUT2D eigenvalue weighted by Gasteiger charge is 2.64. The number of ether oxygens (including phenoxy) is 3. The first-order valence-electron chi connectivity index (χ1n) is 13.5. The van der Waals surface area contributed by atoms with Gasteiger partial charge >= 0.3 is 5.97 Å². The lowest BCUT2D eigenvalue weighted by Crippen LogP contribution is -2.52. The molecule has 0 aliphatic carbocycles. The lowest BCUT2D eigenvalue weighted by Gasteiger charge is -2.44. The number of hydrogen-bond acceptors (Lipinski definition) is 9. The molecule has 1 spiro atoms. The molecule has 1 aromatic heterocycles. The molecule has 3 aliphatic rings. The normalized spacial score (nSPS) is 27.6. The maximum Gasteiger partial charge on any atom is 0.341 e. The number of epoxide rings is 1. The van der Waals surface area contributed by atoms with E-state index in [9.17, 15) is 14.7 Å². The smallest absolute Gasteiger partial charge is 0.341 e. The average molecular weight is 535 g/mol. The van der Waals surface area contributed by atoms with Gasteiger partial charge in [-0.3, -0.25) is 4.79 Å². The molecule has 3 aromatic rings. The molecule has 9 nitrogen and oxygen atoms in total. The third-order valence-corrected chi connectivity index (χ3v) is 8.38. The topological polar surface area (TPSA) is 151 Å². The first-order chi connectivity index (χ1) is 18.5. The zero-order valence-corrected chi connectivity index (χ0v) is 22.4. The predicted octanol–water partition coefficient (Wildman–Crippen LogP) is 3.84. The van der Waals surface area contributed by atoms with Gasteiger partial charge in [0.2, 0.25) is 0 Å². The van der Waals surface area contributed by atoms with Crippen molar-refractivity contribution in [2.75, 3.05) is 0 Å². The third-order valence-electron chi connectivity index (χ3n) is 8.38. The summed E-state index contributed by atoms with van der Waals surface area (Å²) in [4.78, 5) is 26.5. The van der Waals surface area contributed by atoms with Crippen LogP contribution in [0.3, 0.4) is 0 Å². The van der Waals surface area contributed by atoms with E-state index in [-0.39, 0.29) is 34.2 Å². The van der Waals surface area contributed by atoms with Crippen molar-refractivity contribution in [3.05, 3.63) is 69.1 Å². The highest BCUT2D eigenvalue weighted by Crippen LogP contribution is 2.53. The molecule has 4 heterocycles. The molecule has 39 heavy (non-hydrogen) atoms. The summed E-state index contributed by atoms with van der Waals surface area (Å²) in [5.74, 6) is -0.0913. The molecule has 0 saturated carbocycles. The molecular formula is C30H34N2O7. The van der Waals surface area contributed by atoms with Crippen molar-refractivity contribution in [1.82, 2.24) is 0 Å². The van der Waals surface area contributed by atoms with E-state index in [0.717, 1.165) is 24.0 Å². The fraction of sp³-hybridized carbons (Fsp3) is 0.467. The molecule has 9 heteroatoms. The van der Waals surface area contributed by atoms with Gasteiger partial charge in [0.15, 0.2) is 11.0 Å². The van der Waals surface area contributed by atoms with E-state index >= 15 is 0 Å². The summed E-state index contributed by atoms with van der Waals surface area (Å²) in [5, 5.41) is 11.4. The monoisotopic (exact) mass is 534 g/mol. The molecule has 4 atom stereocenters. The van der Waals surface area contributed by atoms with Crippen LogP contribution in [0.25, 0.3) is 11.0 Å². The number of aromatic hydroxyl groups is 1. The number of fused-ring (bicyclic) bond motifs is 4. The summed E-state index contributed by atoms with van der Waals surface area (Å²) in [6, 6.07) is 10.7. The summed E-state index contributed by atoms with van der Waals surface area (Å²) in [6.07, 6.45) is 1.64. The number of phenolic OH excluding ortho intramolecular Hbond substituents is 1. The van der Waals surface area contributed by atoms with Gasteiger partial charge in [-0.05, 0) is 51.2 Å². The second kappa shape index (κ2) is 9.08. The summed E-state index contributed by atoms with van der Waals surface area (Å²) in [6.45, 7) is 5.42. The van der Waals surface area contributed by atoms with E-state index < -0.39 is 29.4 Å². The number of esters is 1. The molecule has 0 amide bonds. The van der Waals surface area contributed by atoms with Gasteiger partial charge in [0.1, 0.15) is 46.0 Å². The first-order valence-corrected chi connectivity index (χ1v) is 13.5. The number of phenols is 1. The number of aryl methyl sites for hydroxylation is 1. The molecule has 2 aromatic carbocycles. The number of benzene rings is 2. The van der Waals surface area contributed by atoms with E-state index in [4.69, 9.17) is 30.1 Å². The summed E-state index contributed by atoms with van der Waals surface area (Å²) < 4.78 is 24.4. The lowest BCUT2D eigenvalue weighted by molar-refractivity contribution is -0.170. The Morgan fingerprint density at radius 1 is 1.13 bits per heavy atom. The minimum atomic E-state index is -1.03. The molecule has 4 unspecified atom stereocenters. The highest BCUT2D eigenvalue weighted by molar-refractivity contribution is 5.88. The first kappa shape index (κ1) is 25.9. The minimum Gasteiger partial charge on any atom is -0.507 e. The SMILES string of the molecule is Cc1cc(=O)c2c(O)c3c(cc2o1)OC(C)(C)C1OC(=O)C2(CCCCC31)OC2Cc1cccc(C(N)N)c1. The van der Waals surface area contributed by atoms with Crippen molar-refractivity contribution >= 4 is 16.9 Å². The highest BCUT2D eigenvalue weighted by atomic mass is 16.7. The Morgan fingerprint density at radius 3 is 2.69 bits per heavy atom. The van der Waals surface area contributed by atoms with Crippen LogP contribution in [0.15, 0.2) is 45.6 Å². The van der Waals surface area contributed by atoms with E-state index in [2.05, 4.69) is 0 Å². The van der Waals surface area contributed by atoms with Crippen LogP contribution in [0.1, 0.15) is 74.1 Å². The Balaban J connectivity index is 1.33. The minimum absolute atomic E-state index is 0.106. The maximum atomic E-state index is 13.8. The number of carbonyl (C=O) groups excluding carboxylic acids is 1. The van der Waals surface area contributed by atoms with Gasteiger partial charge in [-0.15, -0.1) is 0 Å². The van der Waals surface area contributed by atoms with Gasteiger partial charge in [-0.1, -0.05) is 30.7 Å². The third kappa shape index (κ3) is 4.29. The molecular weight excluding hydrogens is 500 g/mol. The van der Waals surface area contributed by atoms with Crippen LogP contribution in [-0.4, -0.2) is 34.5 Å². The Morgan fingerprint density at radius 2 is 1.92 bits per heavy atom. The summed E-state index contributed by atoms with van der Waals surface area (Å²) in [5.41, 5.74) is 12.0. The van der Waals surface area contributed by atoms with Gasteiger partial charge in [0.05, 0.1) is 6.17 Å². The van der Waals surface area contributed by atoms with Gasteiger partial charge in [-0.2, -0.15) is 0 Å². The Kier molecular flexibility index (Phi) is 6.02. The van der Waals surface area contributed by atoms with Crippen LogP contribution in [-0.2, 0) is 20.7 Å². The van der Waals surface area contributed by atoms with Crippen molar-refractivity contribution in [2.45, 2.75) is 88.4 Å². The van der Waals surface area contributed by atoms with Gasteiger partial charge in [-0.25, -0.2) is 4.79 Å². The largest absolute Gasteiger partial charge is 0.507 e. The van der Waals surface area contributed by atoms with E-state index in [1.165, 1.54) is 6.07 Å². The molecule has 5 N–H and O–H groups in total. The molecule has 206 valence electrons. The molecule has 0 bridgehead atoms. The van der Waals surface area contributed by atoms with Crippen LogP contribution in [0, 0.1) is 6.92 Å². The fourth-order valence-electron chi connectivity index (χ4n) is 6.39. The van der Waals surface area contributed by atoms with E-state index in [1.807, 2.05) is 38.1 Å². The predicted molar refractivity (Wildman–Crippen MR) is 144 cm³/mol. The summed E-state index contributed by atoms with van der Waals surface area (Å²) >= 11 is 0. The van der Waals surface area contributed by atoms with Crippen molar-refractivity contribution < 1.29 is 28.5 Å². The van der Waals surface area contributed by atoms with E-state index in [1.54, 1.807) is 13.0 Å². The van der Waals surface area contributed by atoms with Crippen molar-refractivity contribution in [3.8, 4) is 11.5 Å². The maximum absolute atomic E-state index is 13.8. The standard InChI is InChI=1S/C30H34N2O7/c1-15-11-19(33)24-20(36-15)14-21-23(25(24)34)18-9-4-5-10-30(28(35)37-26(18)29(2,3)38-21)22(39-30)13-16-7-6-8-17(12-16)27(31)32/h6-8,11-12,14,18,22,26-27,34H,4-5,9-10,13,31-32H2,1-3H3. The van der Waals surface area contributed by atoms with Crippen LogP contribution in [0.5, 0.6) is 11.5 Å². The Labute approximate surface area is 226 Å². The number of rotatable bonds is 3. The number of nitrogens with two attached hydrogens (primary N) is 2. The van der Waals surface area contributed by atoms with Crippen LogP contribution < -0.4 is 21.6 Å². The summed E-state index contributed by atoms with van der Waals surface area (Å²) in [7, 11) is 0. The quantitative estimate of drug-likeness (QED) is 0.259. The zero-order chi connectivity index (χ0) is 27.7. The zero-order valence-electron chi connectivity index (χ0n) is 22.4. The Bertz CT molecular complexity index is 1530. The molecule has 2 fully saturated rings. The van der Waals surface area contributed by atoms with Crippen LogP contribution in [0.2, 0.25) is 0 Å². The molecule has 0 radical (unpaired) electrons. The average Bonchev–Trinajstić information content (AvgIpc) is 3.54. The van der Waals surface area contributed by atoms with Gasteiger partial charge in [0, 0.05) is 30.0 Å². The van der Waals surface area contributed by atoms with Crippen molar-refractivity contribution in [2.24, 2.45) is 11.5 Å². The van der Waals surface area contributed by atoms with Gasteiger partial charge < -0.3 is 35.2 Å². The van der Waals surface area contributed by atoms with Gasteiger partial charge in [0.25, 0.3) is 0 Å². The second-order valence-corrected chi connectivity index (χ2v) is 11.6. The second-order valence-electron chi connectivity index (χ2n) is 11.6. The number of hydrogen-bond donors (Lipinski definition) is 3. The molecule has 2 saturated heterocycles. The molecule has 6 rings (SSSR count).